The fraction of sp³-hybridized carbons (Fsp3) is 0.467. The topological polar surface area (TPSA) is 82.2 Å². The lowest BCUT2D eigenvalue weighted by molar-refractivity contribution is -0.144. The number of nitrogens with two attached hydrogens (primary N) is 1. The number of benzene rings is 1. The van der Waals surface area contributed by atoms with E-state index in [1.54, 1.807) is 13.8 Å². The first-order chi connectivity index (χ1) is 9.86. The largest absolute Gasteiger partial charge is 0.359 e. The number of carbonyl (C=O) groups excluding carboxylic acids is 1. The summed E-state index contributed by atoms with van der Waals surface area (Å²) in [5, 5.41) is 5.64. The summed E-state index contributed by atoms with van der Waals surface area (Å²) < 4.78 is 7.66. The zero-order valence-corrected chi connectivity index (χ0v) is 12.9. The lowest BCUT2D eigenvalue weighted by atomic mass is 10.1. The molecule has 1 heterocycles. The third-order valence-corrected chi connectivity index (χ3v) is 3.43. The van der Waals surface area contributed by atoms with E-state index in [1.165, 1.54) is 0 Å². The van der Waals surface area contributed by atoms with Gasteiger partial charge in [-0.1, -0.05) is 18.2 Å². The zero-order valence-electron chi connectivity index (χ0n) is 12.9. The van der Waals surface area contributed by atoms with E-state index in [-0.39, 0.29) is 18.6 Å². The first-order valence-corrected chi connectivity index (χ1v) is 6.98. The van der Waals surface area contributed by atoms with Gasteiger partial charge in [-0.25, -0.2) is 5.84 Å². The summed E-state index contributed by atoms with van der Waals surface area (Å²) in [5.41, 5.74) is 2.99. The molecular formula is C15H22N4O2. The van der Waals surface area contributed by atoms with Gasteiger partial charge in [0.05, 0.1) is 17.8 Å². The number of hydrogen-bond acceptors (Lipinski definition) is 4. The Balaban J connectivity index is 2.29. The molecule has 1 aromatic heterocycles. The molecule has 0 aliphatic carbocycles. The number of nitrogens with zero attached hydrogens (tertiary/aromatic N) is 2. The van der Waals surface area contributed by atoms with E-state index >= 15 is 0 Å². The molecule has 0 spiro atoms. The van der Waals surface area contributed by atoms with Crippen molar-refractivity contribution in [2.24, 2.45) is 5.84 Å². The summed E-state index contributed by atoms with van der Waals surface area (Å²) in [4.78, 5) is 11.6. The SMILES string of the molecule is CC(C)n1nc(COC(C)(C)C(=O)NN)c2ccccc21. The molecule has 3 N–H and O–H groups in total. The van der Waals surface area contributed by atoms with Crippen LogP contribution in [0.3, 0.4) is 0 Å². The molecule has 1 aromatic carbocycles. The maximum atomic E-state index is 11.6. The van der Waals surface area contributed by atoms with E-state index in [0.29, 0.717) is 0 Å². The summed E-state index contributed by atoms with van der Waals surface area (Å²) in [6, 6.07) is 8.25. The van der Waals surface area contributed by atoms with Gasteiger partial charge in [0.1, 0.15) is 5.60 Å². The molecular weight excluding hydrogens is 268 g/mol. The zero-order chi connectivity index (χ0) is 15.6. The fourth-order valence-electron chi connectivity index (χ4n) is 2.14. The normalized spacial score (nSPS) is 12.1. The minimum absolute atomic E-state index is 0.251. The van der Waals surface area contributed by atoms with E-state index in [2.05, 4.69) is 24.4 Å². The molecule has 0 bridgehead atoms. The molecule has 0 aliphatic heterocycles. The quantitative estimate of drug-likeness (QED) is 0.500. The second-order valence-corrected chi connectivity index (χ2v) is 5.77. The molecule has 2 rings (SSSR count). The molecule has 0 fully saturated rings. The van der Waals surface area contributed by atoms with Gasteiger partial charge in [-0.05, 0) is 33.8 Å². The van der Waals surface area contributed by atoms with E-state index < -0.39 is 5.60 Å². The predicted octanol–water partition coefficient (Wildman–Crippen LogP) is 1.90. The maximum Gasteiger partial charge on any atom is 0.265 e. The van der Waals surface area contributed by atoms with E-state index in [9.17, 15) is 4.79 Å². The van der Waals surface area contributed by atoms with Crippen LogP contribution in [0.4, 0.5) is 0 Å². The van der Waals surface area contributed by atoms with Gasteiger partial charge in [0, 0.05) is 11.4 Å². The van der Waals surface area contributed by atoms with E-state index in [0.717, 1.165) is 16.6 Å². The highest BCUT2D eigenvalue weighted by molar-refractivity contribution is 5.84. The molecule has 6 nitrogen and oxygen atoms in total. The minimum atomic E-state index is -1.00. The Kier molecular flexibility index (Phi) is 4.29. The van der Waals surface area contributed by atoms with Crippen LogP contribution in [0.25, 0.3) is 10.9 Å². The average Bonchev–Trinajstić information content (AvgIpc) is 2.83. The lowest BCUT2D eigenvalue weighted by Crippen LogP contribution is -2.47. The number of ether oxygens (including phenoxy) is 1. The molecule has 21 heavy (non-hydrogen) atoms. The van der Waals surface area contributed by atoms with Crippen molar-refractivity contribution in [1.29, 1.82) is 0 Å². The summed E-state index contributed by atoms with van der Waals surface area (Å²) in [5.74, 6) is 4.80. The molecule has 0 unspecified atom stereocenters. The van der Waals surface area contributed by atoms with Gasteiger partial charge in [-0.3, -0.25) is 14.9 Å². The molecule has 0 aliphatic rings. The fourth-order valence-corrected chi connectivity index (χ4v) is 2.14. The third kappa shape index (κ3) is 3.06. The first-order valence-electron chi connectivity index (χ1n) is 6.98. The second kappa shape index (κ2) is 5.83. The molecule has 6 heteroatoms. The number of hydrazine groups is 1. The van der Waals surface area contributed by atoms with Crippen LogP contribution in [0.2, 0.25) is 0 Å². The van der Waals surface area contributed by atoms with Crippen molar-refractivity contribution in [3.8, 4) is 0 Å². The molecule has 0 radical (unpaired) electrons. The van der Waals surface area contributed by atoms with Gasteiger partial charge in [0.2, 0.25) is 0 Å². The van der Waals surface area contributed by atoms with Crippen molar-refractivity contribution in [2.45, 2.75) is 45.9 Å². The van der Waals surface area contributed by atoms with Gasteiger partial charge >= 0.3 is 0 Å². The molecule has 1 amide bonds. The molecule has 0 atom stereocenters. The number of carbonyl (C=O) groups is 1. The molecule has 2 aromatic rings. The Morgan fingerprint density at radius 2 is 2.10 bits per heavy atom. The van der Waals surface area contributed by atoms with Crippen molar-refractivity contribution in [1.82, 2.24) is 15.2 Å². The van der Waals surface area contributed by atoms with Gasteiger partial charge in [-0.15, -0.1) is 0 Å². The van der Waals surface area contributed by atoms with Gasteiger partial charge in [0.15, 0.2) is 0 Å². The van der Waals surface area contributed by atoms with Gasteiger partial charge in [0.25, 0.3) is 5.91 Å². The predicted molar refractivity (Wildman–Crippen MR) is 81.3 cm³/mol. The van der Waals surface area contributed by atoms with Gasteiger partial charge in [-0.2, -0.15) is 5.10 Å². The van der Waals surface area contributed by atoms with Crippen LogP contribution in [-0.2, 0) is 16.1 Å². The summed E-state index contributed by atoms with van der Waals surface area (Å²) >= 11 is 0. The van der Waals surface area contributed by atoms with E-state index in [1.807, 2.05) is 28.9 Å². The minimum Gasteiger partial charge on any atom is -0.359 e. The standard InChI is InChI=1S/C15H22N4O2/c1-10(2)19-13-8-6-5-7-11(13)12(18-19)9-21-15(3,4)14(20)17-16/h5-8,10H,9,16H2,1-4H3,(H,17,20). The van der Waals surface area contributed by atoms with Crippen LogP contribution in [0, 0.1) is 0 Å². The number of hydrogen-bond donors (Lipinski definition) is 2. The Morgan fingerprint density at radius 3 is 2.71 bits per heavy atom. The van der Waals surface area contributed by atoms with Crippen molar-refractivity contribution in [3.63, 3.8) is 0 Å². The third-order valence-electron chi connectivity index (χ3n) is 3.43. The van der Waals surface area contributed by atoms with Crippen molar-refractivity contribution < 1.29 is 9.53 Å². The van der Waals surface area contributed by atoms with Crippen molar-refractivity contribution in [2.75, 3.05) is 0 Å². The average molecular weight is 290 g/mol. The molecule has 114 valence electrons. The number of para-hydroxylation sites is 1. The maximum absolute atomic E-state index is 11.6. The number of amides is 1. The summed E-state index contributed by atoms with van der Waals surface area (Å²) in [6.45, 7) is 7.76. The lowest BCUT2D eigenvalue weighted by Gasteiger charge is -2.22. The number of rotatable bonds is 5. The van der Waals surface area contributed by atoms with E-state index in [4.69, 9.17) is 10.6 Å². The highest BCUT2D eigenvalue weighted by atomic mass is 16.5. The number of nitrogens with one attached hydrogen (secondary N) is 1. The van der Waals surface area contributed by atoms with Crippen LogP contribution in [0.1, 0.15) is 39.4 Å². The Morgan fingerprint density at radius 1 is 1.43 bits per heavy atom. The smallest absolute Gasteiger partial charge is 0.265 e. The van der Waals surface area contributed by atoms with Gasteiger partial charge < -0.3 is 4.74 Å². The molecule has 0 saturated heterocycles. The highest BCUT2D eigenvalue weighted by Gasteiger charge is 2.28. The highest BCUT2D eigenvalue weighted by Crippen LogP contribution is 2.23. The summed E-state index contributed by atoms with van der Waals surface area (Å²) in [6.07, 6.45) is 0. The Bertz CT molecular complexity index is 646. The Hall–Kier alpha value is -1.92. The second-order valence-electron chi connectivity index (χ2n) is 5.77. The van der Waals surface area contributed by atoms with Crippen LogP contribution in [-0.4, -0.2) is 21.3 Å². The van der Waals surface area contributed by atoms with Crippen molar-refractivity contribution >= 4 is 16.8 Å². The Labute approximate surface area is 124 Å². The first kappa shape index (κ1) is 15.5. The summed E-state index contributed by atoms with van der Waals surface area (Å²) in [7, 11) is 0. The number of aromatic nitrogens is 2. The van der Waals surface area contributed by atoms with Crippen LogP contribution in [0.5, 0.6) is 0 Å². The van der Waals surface area contributed by atoms with Crippen molar-refractivity contribution in [3.05, 3.63) is 30.0 Å². The van der Waals surface area contributed by atoms with Crippen LogP contribution < -0.4 is 11.3 Å². The van der Waals surface area contributed by atoms with Crippen LogP contribution >= 0.6 is 0 Å². The monoisotopic (exact) mass is 290 g/mol. The molecule has 0 saturated carbocycles. The van der Waals surface area contributed by atoms with Crippen LogP contribution in [0.15, 0.2) is 24.3 Å². The number of fused-ring (bicyclic) bond motifs is 1.